The molecule has 0 aliphatic heterocycles. The predicted molar refractivity (Wildman–Crippen MR) is 82.2 cm³/mol. The zero-order chi connectivity index (χ0) is 17.0. The molecule has 2 rings (SSSR count). The molecular formula is C16H19F2N3O2. The van der Waals surface area contributed by atoms with Crippen LogP contribution in [-0.2, 0) is 11.3 Å². The Morgan fingerprint density at radius 2 is 2.09 bits per heavy atom. The van der Waals surface area contributed by atoms with Crippen molar-refractivity contribution in [2.75, 3.05) is 5.32 Å². The minimum Gasteiger partial charge on any atom is -0.444 e. The van der Waals surface area contributed by atoms with Crippen molar-refractivity contribution in [1.82, 2.24) is 9.78 Å². The van der Waals surface area contributed by atoms with Gasteiger partial charge in [-0.15, -0.1) is 0 Å². The van der Waals surface area contributed by atoms with Crippen LogP contribution in [0.1, 0.15) is 24.7 Å². The van der Waals surface area contributed by atoms with Crippen LogP contribution in [0, 0.1) is 25.5 Å². The number of rotatable bonds is 5. The zero-order valence-corrected chi connectivity index (χ0v) is 13.3. The number of ether oxygens (including phenoxy) is 1. The monoisotopic (exact) mass is 323 g/mol. The molecule has 23 heavy (non-hydrogen) atoms. The lowest BCUT2D eigenvalue weighted by Crippen LogP contribution is -2.27. The lowest BCUT2D eigenvalue weighted by molar-refractivity contribution is 0.0942. The van der Waals surface area contributed by atoms with Crippen LogP contribution in [-0.4, -0.2) is 22.0 Å². The van der Waals surface area contributed by atoms with Crippen LogP contribution < -0.4 is 5.32 Å². The molecule has 1 amide bonds. The standard InChI is InChI=1S/C16H19F2N3O2/c1-4-13(9-21-11(3)7-10(2)20-21)23-16(22)19-15-6-5-12(17)8-14(15)18/h5-8,13H,4,9H2,1-3H3,(H,19,22)/t13-/m1/s1. The maximum atomic E-state index is 13.5. The number of hydrogen-bond acceptors (Lipinski definition) is 3. The Labute approximate surface area is 133 Å². The molecule has 0 bridgehead atoms. The van der Waals surface area contributed by atoms with Gasteiger partial charge in [-0.1, -0.05) is 6.92 Å². The molecule has 1 N–H and O–H groups in total. The number of benzene rings is 1. The summed E-state index contributed by atoms with van der Waals surface area (Å²) < 4.78 is 33.4. The van der Waals surface area contributed by atoms with E-state index < -0.39 is 23.8 Å². The molecule has 2 aromatic rings. The van der Waals surface area contributed by atoms with Crippen molar-refractivity contribution < 1.29 is 18.3 Å². The normalized spacial score (nSPS) is 12.0. The van der Waals surface area contributed by atoms with Crippen molar-refractivity contribution in [3.63, 3.8) is 0 Å². The first-order valence-corrected chi connectivity index (χ1v) is 7.32. The summed E-state index contributed by atoms with van der Waals surface area (Å²) in [6, 6.07) is 4.84. The summed E-state index contributed by atoms with van der Waals surface area (Å²) in [5, 5.41) is 6.59. The molecule has 0 saturated carbocycles. The highest BCUT2D eigenvalue weighted by Gasteiger charge is 2.16. The number of nitrogens with zero attached hydrogens (tertiary/aromatic N) is 2. The van der Waals surface area contributed by atoms with Gasteiger partial charge in [0.2, 0.25) is 0 Å². The van der Waals surface area contributed by atoms with E-state index in [1.54, 1.807) is 4.68 Å². The van der Waals surface area contributed by atoms with Gasteiger partial charge < -0.3 is 4.74 Å². The second-order valence-corrected chi connectivity index (χ2v) is 5.29. The Balaban J connectivity index is 1.98. The maximum absolute atomic E-state index is 13.5. The fourth-order valence-electron chi connectivity index (χ4n) is 2.18. The number of nitrogens with one attached hydrogen (secondary N) is 1. The van der Waals surface area contributed by atoms with Gasteiger partial charge in [0.15, 0.2) is 0 Å². The molecule has 1 atom stereocenters. The molecule has 0 spiro atoms. The lowest BCUT2D eigenvalue weighted by atomic mass is 10.2. The van der Waals surface area contributed by atoms with Crippen LogP contribution >= 0.6 is 0 Å². The molecule has 1 aromatic carbocycles. The first-order chi connectivity index (χ1) is 10.9. The molecule has 0 unspecified atom stereocenters. The largest absolute Gasteiger partial charge is 0.444 e. The van der Waals surface area contributed by atoms with Gasteiger partial charge in [-0.05, 0) is 38.5 Å². The second-order valence-electron chi connectivity index (χ2n) is 5.29. The molecule has 1 heterocycles. The third-order valence-corrected chi connectivity index (χ3v) is 3.38. The third kappa shape index (κ3) is 4.51. The number of halogens is 2. The second kappa shape index (κ2) is 7.21. The summed E-state index contributed by atoms with van der Waals surface area (Å²) in [6.07, 6.45) is -0.613. The number of aryl methyl sites for hydroxylation is 2. The average Bonchev–Trinajstić information content (AvgIpc) is 2.79. The maximum Gasteiger partial charge on any atom is 0.412 e. The molecule has 124 valence electrons. The van der Waals surface area contributed by atoms with E-state index in [0.29, 0.717) is 19.0 Å². The highest BCUT2D eigenvalue weighted by atomic mass is 19.1. The number of carbonyl (C=O) groups is 1. The van der Waals surface area contributed by atoms with Crippen LogP contribution in [0.2, 0.25) is 0 Å². The van der Waals surface area contributed by atoms with E-state index in [1.807, 2.05) is 26.8 Å². The summed E-state index contributed by atoms with van der Waals surface area (Å²) in [7, 11) is 0. The summed E-state index contributed by atoms with van der Waals surface area (Å²) in [5.74, 6) is -1.56. The van der Waals surface area contributed by atoms with Gasteiger partial charge in [0.1, 0.15) is 17.7 Å². The fraction of sp³-hybridized carbons (Fsp3) is 0.375. The Morgan fingerprint density at radius 3 is 2.65 bits per heavy atom. The summed E-state index contributed by atoms with van der Waals surface area (Å²) >= 11 is 0. The zero-order valence-electron chi connectivity index (χ0n) is 13.3. The van der Waals surface area contributed by atoms with Gasteiger partial charge in [0.25, 0.3) is 0 Å². The molecule has 5 nitrogen and oxygen atoms in total. The van der Waals surface area contributed by atoms with Crippen LogP contribution in [0.3, 0.4) is 0 Å². The Hall–Kier alpha value is -2.44. The molecule has 0 aliphatic carbocycles. The van der Waals surface area contributed by atoms with Crippen LogP contribution in [0.5, 0.6) is 0 Å². The number of carbonyl (C=O) groups excluding carboxylic acids is 1. The minimum atomic E-state index is -0.853. The van der Waals surface area contributed by atoms with E-state index in [-0.39, 0.29) is 5.69 Å². The molecule has 0 aliphatic rings. The first kappa shape index (κ1) is 16.9. The van der Waals surface area contributed by atoms with Crippen molar-refractivity contribution >= 4 is 11.8 Å². The van der Waals surface area contributed by atoms with Gasteiger partial charge in [-0.25, -0.2) is 13.6 Å². The van der Waals surface area contributed by atoms with Crippen LogP contribution in [0.15, 0.2) is 24.3 Å². The topological polar surface area (TPSA) is 56.2 Å². The van der Waals surface area contributed by atoms with Crippen molar-refractivity contribution in [3.05, 3.63) is 47.3 Å². The highest BCUT2D eigenvalue weighted by molar-refractivity contribution is 5.84. The van der Waals surface area contributed by atoms with Crippen molar-refractivity contribution in [3.8, 4) is 0 Å². The van der Waals surface area contributed by atoms with Gasteiger partial charge in [0, 0.05) is 11.8 Å². The van der Waals surface area contributed by atoms with Crippen molar-refractivity contribution in [2.45, 2.75) is 39.8 Å². The van der Waals surface area contributed by atoms with Gasteiger partial charge in [0.05, 0.1) is 17.9 Å². The van der Waals surface area contributed by atoms with E-state index in [1.165, 1.54) is 0 Å². The Bertz CT molecular complexity index is 701. The summed E-state index contributed by atoms with van der Waals surface area (Å²) in [5.41, 5.74) is 1.72. The average molecular weight is 323 g/mol. The summed E-state index contributed by atoms with van der Waals surface area (Å²) in [6.45, 7) is 6.09. The van der Waals surface area contributed by atoms with Gasteiger partial charge >= 0.3 is 6.09 Å². The highest BCUT2D eigenvalue weighted by Crippen LogP contribution is 2.16. The number of aromatic nitrogens is 2. The van der Waals surface area contributed by atoms with E-state index in [9.17, 15) is 13.6 Å². The van der Waals surface area contributed by atoms with Crippen LogP contribution in [0.4, 0.5) is 19.3 Å². The van der Waals surface area contributed by atoms with Gasteiger partial charge in [-0.3, -0.25) is 10.00 Å². The Kier molecular flexibility index (Phi) is 5.31. The lowest BCUT2D eigenvalue weighted by Gasteiger charge is -2.17. The fourth-order valence-corrected chi connectivity index (χ4v) is 2.18. The van der Waals surface area contributed by atoms with E-state index in [4.69, 9.17) is 4.74 Å². The quantitative estimate of drug-likeness (QED) is 0.910. The number of hydrogen-bond donors (Lipinski definition) is 1. The first-order valence-electron chi connectivity index (χ1n) is 7.32. The molecular weight excluding hydrogens is 304 g/mol. The Morgan fingerprint density at radius 1 is 1.35 bits per heavy atom. The number of amides is 1. The molecule has 7 heteroatoms. The predicted octanol–water partition coefficient (Wildman–Crippen LogP) is 3.81. The smallest absolute Gasteiger partial charge is 0.412 e. The molecule has 0 radical (unpaired) electrons. The van der Waals surface area contributed by atoms with Crippen molar-refractivity contribution in [2.24, 2.45) is 0 Å². The number of anilines is 1. The van der Waals surface area contributed by atoms with E-state index >= 15 is 0 Å². The van der Waals surface area contributed by atoms with Crippen LogP contribution in [0.25, 0.3) is 0 Å². The molecule has 0 saturated heterocycles. The molecule has 0 fully saturated rings. The molecule has 1 aromatic heterocycles. The van der Waals surface area contributed by atoms with E-state index in [2.05, 4.69) is 10.4 Å². The van der Waals surface area contributed by atoms with E-state index in [0.717, 1.165) is 23.5 Å². The summed E-state index contributed by atoms with van der Waals surface area (Å²) in [4.78, 5) is 11.9. The van der Waals surface area contributed by atoms with Gasteiger partial charge in [-0.2, -0.15) is 5.10 Å². The third-order valence-electron chi connectivity index (χ3n) is 3.38. The van der Waals surface area contributed by atoms with Crippen molar-refractivity contribution in [1.29, 1.82) is 0 Å². The minimum absolute atomic E-state index is 0.127. The SMILES string of the molecule is CC[C@H](Cn1nc(C)cc1C)OC(=O)Nc1ccc(F)cc1F.